The van der Waals surface area contributed by atoms with E-state index in [1.54, 1.807) is 5.38 Å². The van der Waals surface area contributed by atoms with Gasteiger partial charge in [0.1, 0.15) is 15.4 Å². The maximum atomic E-state index is 12.8. The Labute approximate surface area is 177 Å². The zero-order chi connectivity index (χ0) is 20.0. The van der Waals surface area contributed by atoms with Crippen molar-refractivity contribution in [1.29, 1.82) is 0 Å². The quantitative estimate of drug-likeness (QED) is 0.381. The third-order valence-electron chi connectivity index (χ3n) is 4.46. The van der Waals surface area contributed by atoms with E-state index in [0.717, 1.165) is 25.8 Å². The number of anilines is 1. The molecule has 0 aliphatic rings. The van der Waals surface area contributed by atoms with E-state index in [9.17, 15) is 14.7 Å². The summed E-state index contributed by atoms with van der Waals surface area (Å²) in [4.78, 5) is 26.2. The van der Waals surface area contributed by atoms with E-state index in [4.69, 9.17) is 0 Å². The van der Waals surface area contributed by atoms with E-state index in [1.807, 2.05) is 55.1 Å². The second-order valence-electron chi connectivity index (χ2n) is 6.37. The van der Waals surface area contributed by atoms with Crippen LogP contribution in [0.15, 0.2) is 46.4 Å². The first-order valence-electron chi connectivity index (χ1n) is 8.32. The minimum absolute atomic E-state index is 0.109. The van der Waals surface area contributed by atoms with E-state index in [2.05, 4.69) is 21.2 Å². The lowest BCUT2D eigenvalue weighted by Gasteiger charge is -2.05. The van der Waals surface area contributed by atoms with Gasteiger partial charge in [0.05, 0.1) is 4.88 Å². The molecule has 0 bridgehead atoms. The van der Waals surface area contributed by atoms with Crippen molar-refractivity contribution in [3.63, 3.8) is 0 Å². The molecule has 1 aromatic carbocycles. The molecule has 1 amide bonds. The number of aromatic carboxylic acids is 1. The van der Waals surface area contributed by atoms with Gasteiger partial charge in [0.2, 0.25) is 0 Å². The van der Waals surface area contributed by atoms with Crippen molar-refractivity contribution in [2.75, 3.05) is 5.32 Å². The average Bonchev–Trinajstić information content (AvgIpc) is 3.32. The Morgan fingerprint density at radius 2 is 1.93 bits per heavy atom. The lowest BCUT2D eigenvalue weighted by atomic mass is 10.0. The molecule has 0 radical (unpaired) electrons. The molecule has 3 heterocycles. The van der Waals surface area contributed by atoms with Gasteiger partial charge in [-0.1, -0.05) is 28.1 Å². The van der Waals surface area contributed by atoms with E-state index < -0.39 is 5.97 Å². The number of carboxylic acid groups (broad SMARTS) is 1. The monoisotopic (exact) mass is 474 g/mol. The molecular weight excluding hydrogens is 460 g/mol. The number of fused-ring (bicyclic) bond motifs is 1. The number of thiophene rings is 2. The number of amides is 1. The summed E-state index contributed by atoms with van der Waals surface area (Å²) in [6.45, 7) is 2.00. The normalized spacial score (nSPS) is 11.1. The zero-order valence-electron chi connectivity index (χ0n) is 14.9. The van der Waals surface area contributed by atoms with Crippen LogP contribution >= 0.6 is 38.6 Å². The lowest BCUT2D eigenvalue weighted by Crippen LogP contribution is -2.12. The van der Waals surface area contributed by atoms with Gasteiger partial charge in [-0.05, 0) is 36.2 Å². The summed E-state index contributed by atoms with van der Waals surface area (Å²) < 4.78 is 2.91. The zero-order valence-corrected chi connectivity index (χ0v) is 18.2. The number of halogens is 1. The fraction of sp³-hybridized carbons (Fsp3) is 0.100. The van der Waals surface area contributed by atoms with Crippen LogP contribution in [-0.4, -0.2) is 21.6 Å². The first kappa shape index (κ1) is 18.9. The Kier molecular flexibility index (Phi) is 4.86. The molecule has 2 N–H and O–H groups in total. The summed E-state index contributed by atoms with van der Waals surface area (Å²) in [6.07, 6.45) is 2.02. The topological polar surface area (TPSA) is 71.3 Å². The highest BCUT2D eigenvalue weighted by atomic mass is 79.9. The first-order chi connectivity index (χ1) is 13.3. The van der Waals surface area contributed by atoms with Crippen LogP contribution in [0.4, 0.5) is 5.00 Å². The third kappa shape index (κ3) is 3.28. The van der Waals surface area contributed by atoms with Gasteiger partial charge in [0.15, 0.2) is 0 Å². The molecule has 3 aromatic heterocycles. The van der Waals surface area contributed by atoms with E-state index in [0.29, 0.717) is 15.4 Å². The third-order valence-corrected chi connectivity index (χ3v) is 7.10. The van der Waals surface area contributed by atoms with Crippen molar-refractivity contribution in [2.24, 2.45) is 7.05 Å². The standard InChI is InChI=1S/C20H15BrN2O3S2/c1-10-8-23(2)19-13(10)7-15(28-19)17(24)22-18-16(20(25)26)14(9-27-18)11-3-5-12(21)6-4-11/h3-9H,1-2H3,(H,22,24)(H,25,26). The Bertz CT molecular complexity index is 1180. The van der Waals surface area contributed by atoms with Crippen molar-refractivity contribution < 1.29 is 14.7 Å². The second kappa shape index (κ2) is 7.20. The predicted octanol–water partition coefficient (Wildman–Crippen LogP) is 5.99. The van der Waals surface area contributed by atoms with Gasteiger partial charge in [-0.25, -0.2) is 4.79 Å². The fourth-order valence-corrected chi connectivity index (χ4v) is 5.40. The smallest absolute Gasteiger partial charge is 0.339 e. The van der Waals surface area contributed by atoms with Crippen LogP contribution in [0.1, 0.15) is 25.6 Å². The number of hydrogen-bond donors (Lipinski definition) is 2. The molecule has 0 aliphatic carbocycles. The molecule has 4 rings (SSSR count). The number of nitrogens with one attached hydrogen (secondary N) is 1. The predicted molar refractivity (Wildman–Crippen MR) is 118 cm³/mol. The number of carbonyl (C=O) groups excluding carboxylic acids is 1. The van der Waals surface area contributed by atoms with Gasteiger partial charge in [0, 0.05) is 34.0 Å². The van der Waals surface area contributed by atoms with Crippen LogP contribution in [0, 0.1) is 6.92 Å². The van der Waals surface area contributed by atoms with Crippen molar-refractivity contribution in [3.8, 4) is 11.1 Å². The number of aryl methyl sites for hydroxylation is 2. The number of hydrogen-bond acceptors (Lipinski definition) is 4. The number of carbonyl (C=O) groups is 2. The Morgan fingerprint density at radius 1 is 1.21 bits per heavy atom. The second-order valence-corrected chi connectivity index (χ2v) is 9.20. The SMILES string of the molecule is Cc1cn(C)c2sc(C(=O)Nc3scc(-c4ccc(Br)cc4)c3C(=O)O)cc12. The maximum absolute atomic E-state index is 12.8. The van der Waals surface area contributed by atoms with Crippen LogP contribution in [-0.2, 0) is 7.05 Å². The molecule has 142 valence electrons. The number of carboxylic acids is 1. The highest BCUT2D eigenvalue weighted by Gasteiger charge is 2.22. The summed E-state index contributed by atoms with van der Waals surface area (Å²) in [7, 11) is 1.94. The Balaban J connectivity index is 1.68. The van der Waals surface area contributed by atoms with E-state index in [-0.39, 0.29) is 11.5 Å². The van der Waals surface area contributed by atoms with Gasteiger partial charge in [-0.2, -0.15) is 0 Å². The maximum Gasteiger partial charge on any atom is 0.339 e. The van der Waals surface area contributed by atoms with Gasteiger partial charge >= 0.3 is 5.97 Å². The van der Waals surface area contributed by atoms with Crippen LogP contribution in [0.25, 0.3) is 21.3 Å². The van der Waals surface area contributed by atoms with Gasteiger partial charge in [-0.3, -0.25) is 4.79 Å². The van der Waals surface area contributed by atoms with Crippen LogP contribution in [0.2, 0.25) is 0 Å². The molecule has 0 spiro atoms. The number of rotatable bonds is 4. The minimum Gasteiger partial charge on any atom is -0.478 e. The largest absolute Gasteiger partial charge is 0.478 e. The average molecular weight is 475 g/mol. The molecule has 0 fully saturated rings. The van der Waals surface area contributed by atoms with Gasteiger partial charge < -0.3 is 15.0 Å². The summed E-state index contributed by atoms with van der Waals surface area (Å²) in [5, 5.41) is 15.7. The lowest BCUT2D eigenvalue weighted by molar-refractivity contribution is 0.0699. The number of nitrogens with zero attached hydrogens (tertiary/aromatic N) is 1. The Morgan fingerprint density at radius 3 is 2.57 bits per heavy atom. The summed E-state index contributed by atoms with van der Waals surface area (Å²) in [5.41, 5.74) is 2.59. The van der Waals surface area contributed by atoms with Crippen LogP contribution < -0.4 is 5.32 Å². The molecule has 5 nitrogen and oxygen atoms in total. The minimum atomic E-state index is -1.07. The Hall–Kier alpha value is -2.42. The molecule has 0 unspecified atom stereocenters. The van der Waals surface area contributed by atoms with Crippen molar-refractivity contribution in [2.45, 2.75) is 6.92 Å². The van der Waals surface area contributed by atoms with Gasteiger partial charge in [0.25, 0.3) is 5.91 Å². The number of benzene rings is 1. The van der Waals surface area contributed by atoms with Crippen molar-refractivity contribution >= 4 is 65.7 Å². The van der Waals surface area contributed by atoms with Gasteiger partial charge in [-0.15, -0.1) is 22.7 Å². The summed E-state index contributed by atoms with van der Waals surface area (Å²) in [6, 6.07) is 9.26. The molecular formula is C20H15BrN2O3S2. The summed E-state index contributed by atoms with van der Waals surface area (Å²) in [5.74, 6) is -1.37. The summed E-state index contributed by atoms with van der Waals surface area (Å²) >= 11 is 5.99. The molecule has 4 aromatic rings. The molecule has 0 saturated carbocycles. The van der Waals surface area contributed by atoms with Crippen molar-refractivity contribution in [3.05, 3.63) is 62.4 Å². The number of aromatic nitrogens is 1. The first-order valence-corrected chi connectivity index (χ1v) is 10.8. The molecule has 0 atom stereocenters. The van der Waals surface area contributed by atoms with E-state index >= 15 is 0 Å². The molecule has 0 aliphatic heterocycles. The molecule has 0 saturated heterocycles. The highest BCUT2D eigenvalue weighted by molar-refractivity contribution is 9.10. The van der Waals surface area contributed by atoms with E-state index in [1.165, 1.54) is 22.7 Å². The van der Waals surface area contributed by atoms with Crippen molar-refractivity contribution in [1.82, 2.24) is 4.57 Å². The molecule has 28 heavy (non-hydrogen) atoms. The molecule has 8 heteroatoms. The fourth-order valence-electron chi connectivity index (χ4n) is 3.13. The van der Waals surface area contributed by atoms with Crippen LogP contribution in [0.5, 0.6) is 0 Å². The highest BCUT2D eigenvalue weighted by Crippen LogP contribution is 2.37. The van der Waals surface area contributed by atoms with Crippen LogP contribution in [0.3, 0.4) is 0 Å².